The molecule has 0 aliphatic heterocycles. The number of benzene rings is 1. The van der Waals surface area contributed by atoms with Crippen LogP contribution < -0.4 is 5.32 Å². The molecular weight excluding hydrogens is 300 g/mol. The molecule has 1 aliphatic carbocycles. The van der Waals surface area contributed by atoms with Crippen LogP contribution in [0.3, 0.4) is 0 Å². The molecule has 1 amide bonds. The van der Waals surface area contributed by atoms with E-state index in [4.69, 9.17) is 0 Å². The molecule has 1 fully saturated rings. The fraction of sp³-hybridized carbons (Fsp3) is 0.316. The fourth-order valence-electron chi connectivity index (χ4n) is 3.07. The van der Waals surface area contributed by atoms with Crippen LogP contribution in [0.2, 0.25) is 0 Å². The summed E-state index contributed by atoms with van der Waals surface area (Å²) in [6.45, 7) is 2.49. The van der Waals surface area contributed by atoms with Gasteiger partial charge in [0.25, 0.3) is 0 Å². The van der Waals surface area contributed by atoms with E-state index in [1.807, 2.05) is 47.9 Å². The number of rotatable bonds is 5. The van der Waals surface area contributed by atoms with E-state index >= 15 is 0 Å². The summed E-state index contributed by atoms with van der Waals surface area (Å²) < 4.78 is 1.97. The molecule has 4 rings (SSSR count). The van der Waals surface area contributed by atoms with Gasteiger partial charge < -0.3 is 5.32 Å². The topological polar surface area (TPSA) is 59.8 Å². The van der Waals surface area contributed by atoms with E-state index in [1.165, 1.54) is 12.8 Å². The minimum absolute atomic E-state index is 0.0965. The zero-order chi connectivity index (χ0) is 16.5. The molecule has 0 bridgehead atoms. The molecule has 5 heteroatoms. The Morgan fingerprint density at radius 2 is 2.08 bits per heavy atom. The Morgan fingerprint density at radius 1 is 1.25 bits per heavy atom. The van der Waals surface area contributed by atoms with Gasteiger partial charge in [-0.2, -0.15) is 0 Å². The first-order chi connectivity index (χ1) is 11.7. The van der Waals surface area contributed by atoms with Crippen molar-refractivity contribution in [2.75, 3.05) is 0 Å². The maximum Gasteiger partial charge on any atom is 0.223 e. The third-order valence-corrected chi connectivity index (χ3v) is 4.75. The lowest BCUT2D eigenvalue weighted by Gasteiger charge is -2.13. The van der Waals surface area contributed by atoms with Gasteiger partial charge >= 0.3 is 0 Å². The van der Waals surface area contributed by atoms with Gasteiger partial charge in [-0.3, -0.25) is 9.36 Å². The van der Waals surface area contributed by atoms with Crippen molar-refractivity contribution in [1.82, 2.24) is 19.9 Å². The summed E-state index contributed by atoms with van der Waals surface area (Å²) >= 11 is 0. The summed E-state index contributed by atoms with van der Waals surface area (Å²) in [7, 11) is 0. The van der Waals surface area contributed by atoms with Crippen LogP contribution in [0.25, 0.3) is 16.9 Å². The molecule has 122 valence electrons. The number of nitrogens with one attached hydrogen (secondary N) is 1. The molecule has 2 heterocycles. The van der Waals surface area contributed by atoms with Crippen LogP contribution in [0, 0.1) is 11.8 Å². The molecule has 1 aromatic carbocycles. The first kappa shape index (κ1) is 14.9. The van der Waals surface area contributed by atoms with E-state index in [-0.39, 0.29) is 11.8 Å². The number of imidazole rings is 1. The van der Waals surface area contributed by atoms with E-state index < -0.39 is 0 Å². The Kier molecular flexibility index (Phi) is 3.76. The minimum Gasteiger partial charge on any atom is -0.352 e. The van der Waals surface area contributed by atoms with Crippen LogP contribution in [0.15, 0.2) is 48.9 Å². The SMILES string of the molecule is C[C@@H](C(=O)NCc1cccnc1-n1cnc2ccccc21)C1CC1. The molecule has 0 spiro atoms. The molecule has 0 saturated heterocycles. The number of para-hydroxylation sites is 2. The Labute approximate surface area is 140 Å². The van der Waals surface area contributed by atoms with Gasteiger partial charge in [0.15, 0.2) is 0 Å². The van der Waals surface area contributed by atoms with Gasteiger partial charge in [0.2, 0.25) is 5.91 Å². The van der Waals surface area contributed by atoms with Crippen molar-refractivity contribution in [2.45, 2.75) is 26.3 Å². The third-order valence-electron chi connectivity index (χ3n) is 4.75. The molecule has 3 aromatic rings. The van der Waals surface area contributed by atoms with Crippen molar-refractivity contribution in [2.24, 2.45) is 11.8 Å². The van der Waals surface area contributed by atoms with Crippen LogP contribution in [0.4, 0.5) is 0 Å². The average Bonchev–Trinajstić information content (AvgIpc) is 3.38. The van der Waals surface area contributed by atoms with Crippen molar-refractivity contribution in [3.05, 3.63) is 54.5 Å². The van der Waals surface area contributed by atoms with Crippen LogP contribution in [0.1, 0.15) is 25.3 Å². The Bertz CT molecular complexity index is 882. The summed E-state index contributed by atoms with van der Waals surface area (Å²) in [4.78, 5) is 21.2. The quantitative estimate of drug-likeness (QED) is 0.786. The van der Waals surface area contributed by atoms with Gasteiger partial charge in [-0.1, -0.05) is 25.1 Å². The first-order valence-corrected chi connectivity index (χ1v) is 8.38. The molecule has 1 saturated carbocycles. The minimum atomic E-state index is 0.0965. The van der Waals surface area contributed by atoms with Gasteiger partial charge in [-0.05, 0) is 37.0 Å². The highest BCUT2D eigenvalue weighted by Crippen LogP contribution is 2.36. The zero-order valence-electron chi connectivity index (χ0n) is 13.6. The summed E-state index contributed by atoms with van der Waals surface area (Å²) in [5, 5.41) is 3.06. The number of carbonyl (C=O) groups is 1. The predicted molar refractivity (Wildman–Crippen MR) is 92.6 cm³/mol. The maximum absolute atomic E-state index is 12.3. The Hall–Kier alpha value is -2.69. The molecule has 0 unspecified atom stereocenters. The van der Waals surface area contributed by atoms with E-state index in [0.29, 0.717) is 12.5 Å². The van der Waals surface area contributed by atoms with Gasteiger partial charge in [0.1, 0.15) is 12.1 Å². The highest BCUT2D eigenvalue weighted by molar-refractivity contribution is 5.79. The van der Waals surface area contributed by atoms with Crippen molar-refractivity contribution in [3.63, 3.8) is 0 Å². The first-order valence-electron chi connectivity index (χ1n) is 8.38. The number of amides is 1. The lowest BCUT2D eigenvalue weighted by atomic mass is 10.1. The second kappa shape index (κ2) is 6.07. The van der Waals surface area contributed by atoms with Gasteiger partial charge in [0.05, 0.1) is 11.0 Å². The molecule has 1 N–H and O–H groups in total. The molecular formula is C19H20N4O. The van der Waals surface area contributed by atoms with Crippen LogP contribution >= 0.6 is 0 Å². The van der Waals surface area contributed by atoms with Gasteiger partial charge in [-0.25, -0.2) is 9.97 Å². The van der Waals surface area contributed by atoms with Gasteiger partial charge in [0, 0.05) is 24.2 Å². The summed E-state index contributed by atoms with van der Waals surface area (Å²) in [5.74, 6) is 1.60. The third kappa shape index (κ3) is 2.77. The molecule has 2 aromatic heterocycles. The van der Waals surface area contributed by atoms with E-state index in [1.54, 1.807) is 12.5 Å². The fourth-order valence-corrected chi connectivity index (χ4v) is 3.07. The summed E-state index contributed by atoms with van der Waals surface area (Å²) in [5.41, 5.74) is 2.92. The lowest BCUT2D eigenvalue weighted by molar-refractivity contribution is -0.125. The molecule has 5 nitrogen and oxygen atoms in total. The van der Waals surface area contributed by atoms with Gasteiger partial charge in [-0.15, -0.1) is 0 Å². The largest absolute Gasteiger partial charge is 0.352 e. The summed E-state index contributed by atoms with van der Waals surface area (Å²) in [6.07, 6.45) is 5.90. The molecule has 1 aliphatic rings. The highest BCUT2D eigenvalue weighted by atomic mass is 16.1. The monoisotopic (exact) mass is 320 g/mol. The second-order valence-electron chi connectivity index (χ2n) is 6.43. The molecule has 24 heavy (non-hydrogen) atoms. The highest BCUT2D eigenvalue weighted by Gasteiger charge is 2.32. The lowest BCUT2D eigenvalue weighted by Crippen LogP contribution is -2.30. The standard InChI is InChI=1S/C19H20N4O/c1-13(14-8-9-14)19(24)21-11-15-5-4-10-20-18(15)23-12-22-16-6-2-3-7-17(16)23/h2-7,10,12-14H,8-9,11H2,1H3,(H,21,24)/t13-/m1/s1. The van der Waals surface area contributed by atoms with Crippen LogP contribution in [-0.4, -0.2) is 20.4 Å². The van der Waals surface area contributed by atoms with Crippen molar-refractivity contribution < 1.29 is 4.79 Å². The number of carbonyl (C=O) groups excluding carboxylic acids is 1. The van der Waals surface area contributed by atoms with E-state index in [2.05, 4.69) is 15.3 Å². The smallest absolute Gasteiger partial charge is 0.223 e. The van der Waals surface area contributed by atoms with Crippen LogP contribution in [0.5, 0.6) is 0 Å². The number of hydrogen-bond acceptors (Lipinski definition) is 3. The Balaban J connectivity index is 1.60. The van der Waals surface area contributed by atoms with Crippen molar-refractivity contribution >= 4 is 16.9 Å². The number of aromatic nitrogens is 3. The normalized spacial score (nSPS) is 15.4. The second-order valence-corrected chi connectivity index (χ2v) is 6.43. The predicted octanol–water partition coefficient (Wildman–Crippen LogP) is 3.08. The molecule has 0 radical (unpaired) electrons. The number of hydrogen-bond donors (Lipinski definition) is 1. The average molecular weight is 320 g/mol. The zero-order valence-corrected chi connectivity index (χ0v) is 13.6. The van der Waals surface area contributed by atoms with E-state index in [0.717, 1.165) is 22.4 Å². The van der Waals surface area contributed by atoms with E-state index in [9.17, 15) is 4.79 Å². The van der Waals surface area contributed by atoms with Crippen molar-refractivity contribution in [3.8, 4) is 5.82 Å². The Morgan fingerprint density at radius 3 is 2.92 bits per heavy atom. The maximum atomic E-state index is 12.3. The number of pyridine rings is 1. The van der Waals surface area contributed by atoms with Crippen molar-refractivity contribution in [1.29, 1.82) is 0 Å². The number of fused-ring (bicyclic) bond motifs is 1. The molecule has 1 atom stereocenters. The van der Waals surface area contributed by atoms with Crippen LogP contribution in [-0.2, 0) is 11.3 Å². The number of nitrogens with zero attached hydrogens (tertiary/aromatic N) is 3. The summed E-state index contributed by atoms with van der Waals surface area (Å²) in [6, 6.07) is 11.9.